The van der Waals surface area contributed by atoms with E-state index in [0.29, 0.717) is 35.5 Å². The molecule has 0 saturated carbocycles. The van der Waals surface area contributed by atoms with E-state index in [2.05, 4.69) is 60.5 Å². The van der Waals surface area contributed by atoms with Crippen LogP contribution in [0.5, 0.6) is 23.3 Å². The Morgan fingerprint density at radius 3 is 1.24 bits per heavy atom. The van der Waals surface area contributed by atoms with Crippen LogP contribution in [0.15, 0.2) is 171 Å². The van der Waals surface area contributed by atoms with Gasteiger partial charge in [-0.3, -0.25) is 29.1 Å². The lowest BCUT2D eigenvalue weighted by atomic mass is 10.1. The number of aromatic nitrogens is 10. The molecule has 4 N–H and O–H groups in total. The number of hydrogen-bond acceptors (Lipinski definition) is 14. The molecule has 0 aliphatic heterocycles. The lowest BCUT2D eigenvalue weighted by molar-refractivity contribution is 0.0922. The molecule has 2 amide bonds. The largest absolute Gasteiger partial charge is 0.437 e. The van der Waals surface area contributed by atoms with Crippen LogP contribution in [0.2, 0.25) is 0 Å². The first-order valence-corrected chi connectivity index (χ1v) is 22.7. The molecule has 10 aromatic rings. The summed E-state index contributed by atoms with van der Waals surface area (Å²) in [5, 5.41) is 5.81. The van der Waals surface area contributed by atoms with Crippen molar-refractivity contribution >= 4 is 45.4 Å². The number of nitrogens with zero attached hydrogens (tertiary/aromatic N) is 8. The van der Waals surface area contributed by atoms with Crippen LogP contribution in [0, 0.1) is 0 Å². The first-order chi connectivity index (χ1) is 35.1. The fraction of sp³-hybridized carbons (Fsp3) is 0.111. The van der Waals surface area contributed by atoms with Gasteiger partial charge in [0.15, 0.2) is 23.0 Å². The van der Waals surface area contributed by atoms with Crippen LogP contribution >= 0.6 is 0 Å². The number of amides is 2. The highest BCUT2D eigenvalue weighted by atomic mass is 16.5. The Labute approximate surface area is 411 Å². The molecular weight excluding hydrogens is 913 g/mol. The molecule has 6 aromatic heterocycles. The molecule has 0 aliphatic carbocycles. The quantitative estimate of drug-likeness (QED) is 0.0666. The number of benzene rings is 4. The standard InChI is InChI=1S/2C27H22N6O3/c2*1-17(16-19-6-4-5-13-28-19)31-26(35)23-27(30-15-14-29-23)36-20-11-9-18(10-12-20)24(34)25-32-21-7-2-3-8-22(21)33-25/h2*2-15,17H,16H2,1H3,(H,31,35)(H,32,33)/t17-;/m0./s1. The summed E-state index contributed by atoms with van der Waals surface area (Å²) in [6, 6.07) is 38.9. The molecule has 0 radical (unpaired) electrons. The van der Waals surface area contributed by atoms with E-state index < -0.39 is 11.8 Å². The van der Waals surface area contributed by atoms with Gasteiger partial charge in [-0.05, 0) is 111 Å². The first kappa shape index (κ1) is 47.2. The number of H-pyrrole nitrogens is 2. The second kappa shape index (κ2) is 22.1. The number of imidazole rings is 2. The van der Waals surface area contributed by atoms with E-state index in [-0.39, 0.29) is 58.4 Å². The molecule has 6 heterocycles. The lowest BCUT2D eigenvalue weighted by Gasteiger charge is -2.14. The van der Waals surface area contributed by atoms with Crippen LogP contribution in [0.3, 0.4) is 0 Å². The van der Waals surface area contributed by atoms with Crippen molar-refractivity contribution in [1.82, 2.24) is 60.5 Å². The number of aromatic amines is 2. The van der Waals surface area contributed by atoms with Gasteiger partial charge < -0.3 is 30.1 Å². The van der Waals surface area contributed by atoms with Gasteiger partial charge in [-0.15, -0.1) is 0 Å². The van der Waals surface area contributed by atoms with Gasteiger partial charge in [0, 0.05) is 84.6 Å². The molecule has 72 heavy (non-hydrogen) atoms. The molecule has 1 unspecified atom stereocenters. The van der Waals surface area contributed by atoms with Gasteiger partial charge in [0.1, 0.15) is 11.5 Å². The summed E-state index contributed by atoms with van der Waals surface area (Å²) in [4.78, 5) is 91.5. The summed E-state index contributed by atoms with van der Waals surface area (Å²) in [7, 11) is 0. The molecule has 10 rings (SSSR count). The van der Waals surface area contributed by atoms with Gasteiger partial charge in [0.05, 0.1) is 22.1 Å². The normalized spacial score (nSPS) is 11.7. The van der Waals surface area contributed by atoms with Crippen LogP contribution in [-0.4, -0.2) is 85.3 Å². The zero-order valence-corrected chi connectivity index (χ0v) is 38.8. The third-order valence-electron chi connectivity index (χ3n) is 10.9. The fourth-order valence-electron chi connectivity index (χ4n) is 7.43. The van der Waals surface area contributed by atoms with Gasteiger partial charge in [-0.2, -0.15) is 0 Å². The van der Waals surface area contributed by atoms with Crippen LogP contribution in [0.4, 0.5) is 0 Å². The predicted octanol–water partition coefficient (Wildman–Crippen LogP) is 8.26. The molecule has 0 bridgehead atoms. The van der Waals surface area contributed by atoms with E-state index in [0.717, 1.165) is 33.5 Å². The number of rotatable bonds is 16. The summed E-state index contributed by atoms with van der Waals surface area (Å²) in [5.41, 5.74) is 5.81. The lowest BCUT2D eigenvalue weighted by Crippen LogP contribution is -2.35. The third kappa shape index (κ3) is 11.7. The summed E-state index contributed by atoms with van der Waals surface area (Å²) < 4.78 is 11.7. The zero-order valence-electron chi connectivity index (χ0n) is 38.8. The minimum atomic E-state index is -0.404. The molecule has 0 fully saturated rings. The zero-order chi connectivity index (χ0) is 49.8. The van der Waals surface area contributed by atoms with E-state index in [1.54, 1.807) is 60.9 Å². The summed E-state index contributed by atoms with van der Waals surface area (Å²) in [6.07, 6.45) is 10.3. The molecule has 2 atom stereocenters. The van der Waals surface area contributed by atoms with Crippen molar-refractivity contribution in [1.29, 1.82) is 0 Å². The van der Waals surface area contributed by atoms with Gasteiger partial charge in [0.2, 0.25) is 11.6 Å². The Morgan fingerprint density at radius 1 is 0.458 bits per heavy atom. The average Bonchev–Trinajstić information content (AvgIpc) is 4.05. The fourth-order valence-corrected chi connectivity index (χ4v) is 7.43. The summed E-state index contributed by atoms with van der Waals surface area (Å²) in [6.45, 7) is 3.78. The molecule has 0 spiro atoms. The number of ether oxygens (including phenoxy) is 2. The number of fused-ring (bicyclic) bond motifs is 2. The van der Waals surface area contributed by atoms with Crippen molar-refractivity contribution in [3.63, 3.8) is 0 Å². The van der Waals surface area contributed by atoms with Crippen LogP contribution < -0.4 is 20.1 Å². The average molecular weight is 957 g/mol. The molecule has 356 valence electrons. The second-order valence-corrected chi connectivity index (χ2v) is 16.3. The van der Waals surface area contributed by atoms with Crippen LogP contribution in [-0.2, 0) is 12.8 Å². The Morgan fingerprint density at radius 2 is 0.847 bits per heavy atom. The Kier molecular flexibility index (Phi) is 14.5. The van der Waals surface area contributed by atoms with Gasteiger partial charge >= 0.3 is 0 Å². The number of pyridine rings is 2. The highest BCUT2D eigenvalue weighted by Crippen LogP contribution is 2.25. The van der Waals surface area contributed by atoms with Crippen LogP contribution in [0.1, 0.15) is 78.6 Å². The van der Waals surface area contributed by atoms with Crippen molar-refractivity contribution < 1.29 is 28.7 Å². The second-order valence-electron chi connectivity index (χ2n) is 16.3. The molecule has 18 nitrogen and oxygen atoms in total. The van der Waals surface area contributed by atoms with Crippen molar-refractivity contribution in [3.8, 4) is 23.3 Å². The maximum Gasteiger partial charge on any atom is 0.275 e. The molecule has 0 aliphatic rings. The number of ketones is 2. The minimum absolute atomic E-state index is 0.0628. The Hall–Kier alpha value is -9.84. The van der Waals surface area contributed by atoms with Crippen molar-refractivity contribution in [2.24, 2.45) is 0 Å². The number of hydrogen-bond donors (Lipinski definition) is 4. The highest BCUT2D eigenvalue weighted by molar-refractivity contribution is 6.08. The molecule has 4 aromatic carbocycles. The van der Waals surface area contributed by atoms with Gasteiger partial charge in [-0.25, -0.2) is 29.9 Å². The molecular formula is C54H44N12O6. The monoisotopic (exact) mass is 956 g/mol. The number of carbonyl (C=O) groups excluding carboxylic acids is 4. The van der Waals surface area contributed by atoms with Crippen LogP contribution in [0.25, 0.3) is 22.1 Å². The van der Waals surface area contributed by atoms with E-state index in [9.17, 15) is 19.2 Å². The van der Waals surface area contributed by atoms with E-state index in [4.69, 9.17) is 9.47 Å². The van der Waals surface area contributed by atoms with E-state index >= 15 is 0 Å². The number of nitrogens with one attached hydrogen (secondary N) is 4. The highest BCUT2D eigenvalue weighted by Gasteiger charge is 2.22. The molecule has 0 saturated heterocycles. The first-order valence-electron chi connectivity index (χ1n) is 22.7. The van der Waals surface area contributed by atoms with Crippen molar-refractivity contribution in [3.05, 3.63) is 216 Å². The Bertz CT molecular complexity index is 3200. The summed E-state index contributed by atoms with van der Waals surface area (Å²) >= 11 is 0. The van der Waals surface area contributed by atoms with Crippen molar-refractivity contribution in [2.75, 3.05) is 0 Å². The third-order valence-corrected chi connectivity index (χ3v) is 10.9. The minimum Gasteiger partial charge on any atom is -0.437 e. The molecule has 18 heteroatoms. The van der Waals surface area contributed by atoms with Crippen molar-refractivity contribution in [2.45, 2.75) is 38.8 Å². The smallest absolute Gasteiger partial charge is 0.275 e. The summed E-state index contributed by atoms with van der Waals surface area (Å²) in [5.74, 6) is 0.192. The maximum absolute atomic E-state index is 12.9. The predicted molar refractivity (Wildman–Crippen MR) is 266 cm³/mol. The Balaban J connectivity index is 0.000000178. The maximum atomic E-state index is 12.9. The number of para-hydroxylation sites is 4. The van der Waals surface area contributed by atoms with Gasteiger partial charge in [-0.1, -0.05) is 36.4 Å². The number of carbonyl (C=O) groups is 4. The SMILES string of the molecule is CC(Cc1ccccn1)NC(=O)c1nccnc1Oc1ccc(C(=O)c2nc3ccccc3[nH]2)cc1.C[C@@H](Cc1ccccn1)NC(=O)c1nccnc1Oc1ccc(C(=O)c2nc3ccccc3[nH]2)cc1. The van der Waals surface area contributed by atoms with E-state index in [1.807, 2.05) is 98.8 Å². The van der Waals surface area contributed by atoms with Gasteiger partial charge in [0.25, 0.3) is 23.6 Å². The topological polar surface area (TPSA) is 246 Å². The van der Waals surface area contributed by atoms with E-state index in [1.165, 1.54) is 24.8 Å².